The minimum absolute atomic E-state index is 0.0554. The summed E-state index contributed by atoms with van der Waals surface area (Å²) in [6.45, 7) is 2.81. The van der Waals surface area contributed by atoms with Crippen molar-refractivity contribution in [1.29, 1.82) is 0 Å². The number of aliphatic hydroxyl groups excluding tert-OH is 1. The lowest BCUT2D eigenvalue weighted by Crippen LogP contribution is -2.40. The first-order chi connectivity index (χ1) is 18.3. The Morgan fingerprint density at radius 1 is 1.13 bits per heavy atom. The number of amides is 3. The number of hydrogen-bond donors (Lipinski definition) is 3. The fraction of sp³-hybridized carbons (Fsp3) is 0.433. The van der Waals surface area contributed by atoms with Crippen molar-refractivity contribution >= 4 is 29.1 Å². The molecule has 0 radical (unpaired) electrons. The zero-order chi connectivity index (χ0) is 27.1. The molecule has 2 atom stereocenters. The number of aliphatic hydroxyl groups is 2. The standard InChI is InChI=1S/C30H37N3O5/c1-22(10-9-14-27(35)32(18-19-34)21-23-11-5-4-6-12-23)30(38)25-20-24(15-16-26(25)31-29(30)37)33-17-8-3-2-7-13-28(33)36/h4-6,9-12,15-16,20,22,34,38H,2-3,7-8,13-14,17-19,21H2,1H3,(H,31,37)/b10-9+/t22-,30+/m1/s1. The summed E-state index contributed by atoms with van der Waals surface area (Å²) in [6.07, 6.45) is 7.81. The van der Waals surface area contributed by atoms with Gasteiger partial charge in [0.1, 0.15) is 0 Å². The Bertz CT molecular complexity index is 1180. The summed E-state index contributed by atoms with van der Waals surface area (Å²) in [5, 5.41) is 23.8. The van der Waals surface area contributed by atoms with Crippen molar-refractivity contribution in [1.82, 2.24) is 4.90 Å². The number of hydrogen-bond acceptors (Lipinski definition) is 5. The quantitative estimate of drug-likeness (QED) is 0.438. The molecule has 2 aromatic rings. The molecule has 2 aliphatic heterocycles. The second kappa shape index (κ2) is 12.4. The second-order valence-electron chi connectivity index (χ2n) is 10.1. The second-order valence-corrected chi connectivity index (χ2v) is 10.1. The Morgan fingerprint density at radius 3 is 2.66 bits per heavy atom. The van der Waals surface area contributed by atoms with Crippen LogP contribution in [0.5, 0.6) is 0 Å². The van der Waals surface area contributed by atoms with E-state index in [1.807, 2.05) is 36.4 Å². The van der Waals surface area contributed by atoms with E-state index in [1.165, 1.54) is 0 Å². The molecule has 0 aliphatic carbocycles. The third-order valence-corrected chi connectivity index (χ3v) is 7.46. The van der Waals surface area contributed by atoms with Gasteiger partial charge in [-0.1, -0.05) is 62.2 Å². The van der Waals surface area contributed by atoms with E-state index >= 15 is 0 Å². The number of nitrogens with zero attached hydrogens (tertiary/aromatic N) is 2. The minimum Gasteiger partial charge on any atom is -0.395 e. The highest BCUT2D eigenvalue weighted by Gasteiger charge is 2.49. The van der Waals surface area contributed by atoms with E-state index in [4.69, 9.17) is 0 Å². The van der Waals surface area contributed by atoms with Crippen LogP contribution in [0.25, 0.3) is 0 Å². The maximum atomic E-state index is 13.0. The lowest BCUT2D eigenvalue weighted by atomic mass is 9.82. The van der Waals surface area contributed by atoms with Gasteiger partial charge >= 0.3 is 0 Å². The molecule has 3 N–H and O–H groups in total. The molecule has 202 valence electrons. The van der Waals surface area contributed by atoms with Gasteiger partial charge in [-0.3, -0.25) is 14.4 Å². The van der Waals surface area contributed by atoms with Gasteiger partial charge in [-0.15, -0.1) is 0 Å². The van der Waals surface area contributed by atoms with E-state index in [0.29, 0.717) is 36.4 Å². The van der Waals surface area contributed by atoms with E-state index in [0.717, 1.165) is 31.2 Å². The molecule has 8 nitrogen and oxygen atoms in total. The van der Waals surface area contributed by atoms with Gasteiger partial charge in [0.2, 0.25) is 11.8 Å². The van der Waals surface area contributed by atoms with Crippen LogP contribution in [0.1, 0.15) is 56.6 Å². The third-order valence-electron chi connectivity index (χ3n) is 7.46. The molecule has 3 amide bonds. The van der Waals surface area contributed by atoms with Gasteiger partial charge in [-0.2, -0.15) is 0 Å². The van der Waals surface area contributed by atoms with Crippen molar-refractivity contribution in [3.05, 3.63) is 71.8 Å². The summed E-state index contributed by atoms with van der Waals surface area (Å²) in [5.74, 6) is -1.26. The van der Waals surface area contributed by atoms with Gasteiger partial charge in [0.25, 0.3) is 5.91 Å². The molecule has 0 spiro atoms. The van der Waals surface area contributed by atoms with Crippen molar-refractivity contribution in [2.24, 2.45) is 5.92 Å². The van der Waals surface area contributed by atoms with Crippen LogP contribution in [0, 0.1) is 5.92 Å². The van der Waals surface area contributed by atoms with Crippen molar-refractivity contribution in [3.63, 3.8) is 0 Å². The fourth-order valence-electron chi connectivity index (χ4n) is 5.21. The van der Waals surface area contributed by atoms with E-state index < -0.39 is 17.4 Å². The van der Waals surface area contributed by atoms with Crippen molar-refractivity contribution in [2.45, 2.75) is 57.6 Å². The number of fused-ring (bicyclic) bond motifs is 1. The summed E-state index contributed by atoms with van der Waals surface area (Å²) >= 11 is 0. The topological polar surface area (TPSA) is 110 Å². The van der Waals surface area contributed by atoms with Crippen LogP contribution in [0.15, 0.2) is 60.7 Å². The van der Waals surface area contributed by atoms with Crippen molar-refractivity contribution in [2.75, 3.05) is 29.9 Å². The molecule has 2 heterocycles. The Balaban J connectivity index is 1.49. The molecule has 0 aromatic heterocycles. The van der Waals surface area contributed by atoms with Crippen LogP contribution in [-0.4, -0.2) is 52.5 Å². The molecule has 0 bridgehead atoms. The van der Waals surface area contributed by atoms with Crippen LogP contribution in [-0.2, 0) is 26.5 Å². The molecule has 2 aliphatic rings. The van der Waals surface area contributed by atoms with Crippen molar-refractivity contribution in [3.8, 4) is 0 Å². The molecule has 4 rings (SSSR count). The zero-order valence-electron chi connectivity index (χ0n) is 21.9. The molecule has 1 saturated heterocycles. The van der Waals surface area contributed by atoms with Gasteiger partial charge in [0.15, 0.2) is 5.60 Å². The maximum absolute atomic E-state index is 13.0. The highest BCUT2D eigenvalue weighted by atomic mass is 16.3. The van der Waals surface area contributed by atoms with Gasteiger partial charge < -0.3 is 25.3 Å². The molecule has 1 fully saturated rings. The van der Waals surface area contributed by atoms with E-state index in [-0.39, 0.29) is 31.4 Å². The van der Waals surface area contributed by atoms with E-state index in [9.17, 15) is 24.6 Å². The average molecular weight is 520 g/mol. The monoisotopic (exact) mass is 519 g/mol. The van der Waals surface area contributed by atoms with Crippen LogP contribution < -0.4 is 10.2 Å². The van der Waals surface area contributed by atoms with Crippen LogP contribution in [0.2, 0.25) is 0 Å². The summed E-state index contributed by atoms with van der Waals surface area (Å²) in [6, 6.07) is 14.9. The predicted octanol–water partition coefficient (Wildman–Crippen LogP) is 3.73. The Kier molecular flexibility index (Phi) is 8.97. The predicted molar refractivity (Wildman–Crippen MR) is 146 cm³/mol. The van der Waals surface area contributed by atoms with Gasteiger partial charge in [-0.25, -0.2) is 0 Å². The highest BCUT2D eigenvalue weighted by molar-refractivity contribution is 6.06. The molecule has 2 aromatic carbocycles. The Labute approximate surface area is 223 Å². The first-order valence-electron chi connectivity index (χ1n) is 13.4. The van der Waals surface area contributed by atoms with Crippen LogP contribution >= 0.6 is 0 Å². The zero-order valence-corrected chi connectivity index (χ0v) is 21.9. The largest absolute Gasteiger partial charge is 0.395 e. The summed E-state index contributed by atoms with van der Waals surface area (Å²) in [7, 11) is 0. The summed E-state index contributed by atoms with van der Waals surface area (Å²) < 4.78 is 0. The number of anilines is 2. The number of nitrogens with one attached hydrogen (secondary N) is 1. The fourth-order valence-corrected chi connectivity index (χ4v) is 5.21. The Hall–Kier alpha value is -3.49. The lowest BCUT2D eigenvalue weighted by molar-refractivity contribution is -0.137. The maximum Gasteiger partial charge on any atom is 0.261 e. The van der Waals surface area contributed by atoms with E-state index in [2.05, 4.69) is 5.32 Å². The minimum atomic E-state index is -1.83. The molecular formula is C30H37N3O5. The Morgan fingerprint density at radius 2 is 1.89 bits per heavy atom. The number of carbonyl (C=O) groups excluding carboxylic acids is 3. The molecule has 0 saturated carbocycles. The van der Waals surface area contributed by atoms with Gasteiger partial charge in [0.05, 0.1) is 6.61 Å². The average Bonchev–Trinajstić information content (AvgIpc) is 3.16. The van der Waals surface area contributed by atoms with Crippen LogP contribution in [0.4, 0.5) is 11.4 Å². The molecule has 38 heavy (non-hydrogen) atoms. The summed E-state index contributed by atoms with van der Waals surface area (Å²) in [4.78, 5) is 41.9. The van der Waals surface area contributed by atoms with Crippen molar-refractivity contribution < 1.29 is 24.6 Å². The third kappa shape index (κ3) is 5.97. The van der Waals surface area contributed by atoms with Crippen LogP contribution in [0.3, 0.4) is 0 Å². The van der Waals surface area contributed by atoms with Gasteiger partial charge in [0, 0.05) is 55.3 Å². The molecular weight excluding hydrogens is 482 g/mol. The number of carbonyl (C=O) groups is 3. The first-order valence-corrected chi connectivity index (χ1v) is 13.4. The lowest BCUT2D eigenvalue weighted by Gasteiger charge is -2.29. The highest BCUT2D eigenvalue weighted by Crippen LogP contribution is 2.43. The number of rotatable bonds is 9. The molecule has 0 unspecified atom stereocenters. The summed E-state index contributed by atoms with van der Waals surface area (Å²) in [5.41, 5.74) is 0.774. The van der Waals surface area contributed by atoms with E-state index in [1.54, 1.807) is 41.0 Å². The van der Waals surface area contributed by atoms with Gasteiger partial charge in [-0.05, 0) is 36.6 Å². The SMILES string of the molecule is C[C@H](/C=C/CC(=O)N(CCO)Cc1ccccc1)[C@@]1(O)C(=O)Nc2ccc(N3CCCCCCC3=O)cc21. The number of benzene rings is 2. The first kappa shape index (κ1) is 27.5. The smallest absolute Gasteiger partial charge is 0.261 e. The normalized spacial score (nSPS) is 20.6. The molecule has 8 heteroatoms.